The molecule has 1 fully saturated rings. The molecule has 0 radical (unpaired) electrons. The average molecular weight is 392 g/mol. The van der Waals surface area contributed by atoms with Crippen molar-refractivity contribution in [2.24, 2.45) is 0 Å². The van der Waals surface area contributed by atoms with E-state index in [4.69, 9.17) is 5.41 Å². The van der Waals surface area contributed by atoms with Gasteiger partial charge in [-0.1, -0.05) is 22.9 Å². The van der Waals surface area contributed by atoms with Crippen LogP contribution in [0.1, 0.15) is 23.8 Å². The van der Waals surface area contributed by atoms with E-state index in [0.29, 0.717) is 12.3 Å². The quantitative estimate of drug-likeness (QED) is 0.786. The van der Waals surface area contributed by atoms with E-state index in [1.165, 1.54) is 4.90 Å². The molecule has 3 rings (SSSR count). The predicted molar refractivity (Wildman–Crippen MR) is 97.5 cm³/mol. The summed E-state index contributed by atoms with van der Waals surface area (Å²) >= 11 is 5.20. The normalized spacial score (nSPS) is 25.0. The summed E-state index contributed by atoms with van der Waals surface area (Å²) in [6.45, 7) is 4.08. The molecule has 1 aliphatic rings. The highest BCUT2D eigenvalue weighted by Crippen LogP contribution is 2.44. The number of alkyl halides is 1. The van der Waals surface area contributed by atoms with Crippen molar-refractivity contribution >= 4 is 39.0 Å². The van der Waals surface area contributed by atoms with Gasteiger partial charge in [-0.2, -0.15) is 0 Å². The summed E-state index contributed by atoms with van der Waals surface area (Å²) in [5.41, 5.74) is 2.91. The molecule has 0 bridgehead atoms. The number of amidine groups is 1. The fourth-order valence-corrected chi connectivity index (χ4v) is 4.82. The molecule has 23 heavy (non-hydrogen) atoms. The van der Waals surface area contributed by atoms with Crippen LogP contribution in [-0.2, 0) is 10.2 Å². The number of nitrogens with zero attached hydrogens (tertiary/aromatic N) is 2. The van der Waals surface area contributed by atoms with Gasteiger partial charge in [-0.15, -0.1) is 11.3 Å². The molecule has 2 aromatic heterocycles. The monoisotopic (exact) mass is 391 g/mol. The highest BCUT2D eigenvalue weighted by atomic mass is 79.9. The molecule has 6 heteroatoms. The van der Waals surface area contributed by atoms with Gasteiger partial charge in [0.25, 0.3) is 0 Å². The van der Waals surface area contributed by atoms with Gasteiger partial charge in [-0.05, 0) is 35.6 Å². The van der Waals surface area contributed by atoms with Crippen molar-refractivity contribution in [1.82, 2.24) is 9.88 Å². The van der Waals surface area contributed by atoms with E-state index in [9.17, 15) is 4.79 Å². The number of carbonyl (C=O) groups excluding carboxylic acids is 1. The van der Waals surface area contributed by atoms with Crippen molar-refractivity contribution in [2.45, 2.75) is 30.5 Å². The Kier molecular flexibility index (Phi) is 4.14. The van der Waals surface area contributed by atoms with Crippen LogP contribution in [0.2, 0.25) is 0 Å². The Labute approximate surface area is 148 Å². The number of hydrogen-bond donors (Lipinski definition) is 1. The van der Waals surface area contributed by atoms with Crippen LogP contribution in [0.4, 0.5) is 0 Å². The molecule has 1 saturated heterocycles. The first kappa shape index (κ1) is 16.3. The van der Waals surface area contributed by atoms with Crippen molar-refractivity contribution in [1.29, 1.82) is 5.41 Å². The molecule has 1 amide bonds. The first-order valence-electron chi connectivity index (χ1n) is 7.33. The van der Waals surface area contributed by atoms with Gasteiger partial charge in [-0.3, -0.25) is 15.2 Å². The van der Waals surface area contributed by atoms with Gasteiger partial charge < -0.3 is 4.90 Å². The van der Waals surface area contributed by atoms with E-state index in [-0.39, 0.29) is 10.7 Å². The van der Waals surface area contributed by atoms with E-state index in [1.54, 1.807) is 18.4 Å². The van der Waals surface area contributed by atoms with Crippen LogP contribution in [-0.4, -0.2) is 33.5 Å². The molecule has 4 nitrogen and oxygen atoms in total. The number of rotatable bonds is 2. The lowest BCUT2D eigenvalue weighted by molar-refractivity contribution is -0.128. The largest absolute Gasteiger partial charge is 0.303 e. The van der Waals surface area contributed by atoms with Gasteiger partial charge >= 0.3 is 0 Å². The minimum atomic E-state index is -0.402. The van der Waals surface area contributed by atoms with Crippen LogP contribution in [0.3, 0.4) is 0 Å². The molecule has 1 N–H and O–H groups in total. The fourth-order valence-electron chi connectivity index (χ4n) is 2.84. The Hall–Kier alpha value is -1.53. The van der Waals surface area contributed by atoms with Gasteiger partial charge in [0, 0.05) is 41.7 Å². The number of amides is 1. The fraction of sp³-hybridized carbons (Fsp3) is 0.353. The molecule has 0 spiro atoms. The maximum atomic E-state index is 12.4. The Bertz CT molecular complexity index is 788. The Morgan fingerprint density at radius 2 is 2.13 bits per heavy atom. The van der Waals surface area contributed by atoms with Crippen LogP contribution >= 0.6 is 27.3 Å². The van der Waals surface area contributed by atoms with Crippen LogP contribution in [0.25, 0.3) is 11.1 Å². The zero-order valence-electron chi connectivity index (χ0n) is 13.3. The Morgan fingerprint density at radius 3 is 2.83 bits per heavy atom. The van der Waals surface area contributed by atoms with Gasteiger partial charge in [0.05, 0.1) is 0 Å². The summed E-state index contributed by atoms with van der Waals surface area (Å²) in [5.74, 6) is 0.302. The van der Waals surface area contributed by atoms with E-state index in [1.807, 2.05) is 19.3 Å². The summed E-state index contributed by atoms with van der Waals surface area (Å²) in [7, 11) is 1.66. The molecule has 0 aromatic carbocycles. The Balaban J connectivity index is 1.99. The van der Waals surface area contributed by atoms with Gasteiger partial charge in [0.2, 0.25) is 5.91 Å². The highest BCUT2D eigenvalue weighted by Gasteiger charge is 2.47. The smallest absolute Gasteiger partial charge is 0.242 e. The molecule has 0 aliphatic carbocycles. The predicted octanol–water partition coefficient (Wildman–Crippen LogP) is 3.98. The second kappa shape index (κ2) is 5.83. The third-order valence-electron chi connectivity index (χ3n) is 4.42. The number of likely N-dealkylation sites (tertiary alicyclic amines) is 1. The number of halogens is 1. The topological polar surface area (TPSA) is 57.1 Å². The van der Waals surface area contributed by atoms with E-state index >= 15 is 0 Å². The van der Waals surface area contributed by atoms with Gasteiger partial charge in [0.1, 0.15) is 10.7 Å². The number of aromatic nitrogens is 1. The van der Waals surface area contributed by atoms with Crippen molar-refractivity contribution in [3.05, 3.63) is 40.3 Å². The molecular weight excluding hydrogens is 374 g/mol. The summed E-state index contributed by atoms with van der Waals surface area (Å²) in [6.07, 6.45) is 4.23. The maximum absolute atomic E-state index is 12.4. The number of piperidine rings is 1. The van der Waals surface area contributed by atoms with Crippen molar-refractivity contribution < 1.29 is 4.79 Å². The molecule has 2 atom stereocenters. The average Bonchev–Trinajstić information content (AvgIpc) is 3.02. The molecule has 1 aliphatic heterocycles. The minimum absolute atomic E-state index is 0.0593. The number of aryl methyl sites for hydroxylation is 1. The third-order valence-corrected chi connectivity index (χ3v) is 7.03. The van der Waals surface area contributed by atoms with E-state index in [2.05, 4.69) is 45.4 Å². The summed E-state index contributed by atoms with van der Waals surface area (Å²) in [5, 5.41) is 10.2. The second-order valence-electron chi connectivity index (χ2n) is 6.25. The molecule has 3 heterocycles. The zero-order valence-corrected chi connectivity index (χ0v) is 15.7. The van der Waals surface area contributed by atoms with Crippen molar-refractivity contribution in [3.8, 4) is 11.1 Å². The maximum Gasteiger partial charge on any atom is 0.242 e. The summed E-state index contributed by atoms with van der Waals surface area (Å²) in [6, 6.07) is 4.23. The number of carbonyl (C=O) groups is 1. The summed E-state index contributed by atoms with van der Waals surface area (Å²) < 4.78 is 0. The summed E-state index contributed by atoms with van der Waals surface area (Å²) in [4.78, 5) is 18.8. The van der Waals surface area contributed by atoms with Crippen LogP contribution in [0, 0.1) is 12.3 Å². The van der Waals surface area contributed by atoms with Crippen molar-refractivity contribution in [2.75, 3.05) is 7.05 Å². The Morgan fingerprint density at radius 1 is 1.39 bits per heavy atom. The van der Waals surface area contributed by atoms with Crippen LogP contribution in [0.15, 0.2) is 29.9 Å². The lowest BCUT2D eigenvalue weighted by Gasteiger charge is -2.41. The molecular formula is C17H18BrN3OS. The SMILES string of the molecule is Cc1cncc(-c2csc([C@@]3(C)CC(=N)N(C)C(=O)[C@@H]3Br)c2)c1. The molecule has 120 valence electrons. The highest BCUT2D eigenvalue weighted by molar-refractivity contribution is 9.10. The number of hydrogen-bond acceptors (Lipinski definition) is 4. The lowest BCUT2D eigenvalue weighted by Crippen LogP contribution is -2.54. The van der Waals surface area contributed by atoms with Gasteiger partial charge in [0.15, 0.2) is 0 Å². The zero-order chi connectivity index (χ0) is 16.8. The van der Waals surface area contributed by atoms with E-state index < -0.39 is 5.41 Å². The third kappa shape index (κ3) is 2.74. The molecule has 0 saturated carbocycles. The van der Waals surface area contributed by atoms with Crippen LogP contribution in [0.5, 0.6) is 0 Å². The number of nitrogens with one attached hydrogen (secondary N) is 1. The molecule has 0 unspecified atom stereocenters. The first-order valence-corrected chi connectivity index (χ1v) is 9.12. The lowest BCUT2D eigenvalue weighted by atomic mass is 9.77. The number of pyridine rings is 1. The van der Waals surface area contributed by atoms with Gasteiger partial charge in [-0.25, -0.2) is 0 Å². The molecule has 2 aromatic rings. The van der Waals surface area contributed by atoms with Crippen molar-refractivity contribution in [3.63, 3.8) is 0 Å². The number of thiophene rings is 1. The van der Waals surface area contributed by atoms with E-state index in [0.717, 1.165) is 21.6 Å². The minimum Gasteiger partial charge on any atom is -0.303 e. The second-order valence-corrected chi connectivity index (χ2v) is 8.08. The first-order chi connectivity index (χ1) is 10.8. The van der Waals surface area contributed by atoms with Crippen LogP contribution < -0.4 is 0 Å². The standard InChI is InChI=1S/C17H18BrN3OS/c1-10-4-11(8-20-7-10)12-5-13(23-9-12)17(2)6-14(19)21(3)16(22)15(17)18/h4-5,7-9,15,19H,6H2,1-3H3/t15-,17+/m0/s1.